The van der Waals surface area contributed by atoms with Crippen LogP contribution >= 0.6 is 11.8 Å². The molecule has 1 heterocycles. The van der Waals surface area contributed by atoms with Crippen LogP contribution in [-0.4, -0.2) is 39.6 Å². The lowest BCUT2D eigenvalue weighted by molar-refractivity contribution is -0.118. The molecule has 1 fully saturated rings. The van der Waals surface area contributed by atoms with Gasteiger partial charge in [-0.15, -0.1) is 10.2 Å². The molecule has 3 rings (SSSR count). The molecule has 6 nitrogen and oxygen atoms in total. The van der Waals surface area contributed by atoms with Crippen molar-refractivity contribution in [2.24, 2.45) is 7.05 Å². The summed E-state index contributed by atoms with van der Waals surface area (Å²) in [4.78, 5) is 11.7. The van der Waals surface area contributed by atoms with Crippen molar-refractivity contribution in [3.63, 3.8) is 0 Å². The first-order valence-electron chi connectivity index (χ1n) is 7.13. The van der Waals surface area contributed by atoms with Crippen molar-refractivity contribution in [3.05, 3.63) is 24.3 Å². The van der Waals surface area contributed by atoms with E-state index in [1.165, 1.54) is 11.8 Å². The van der Waals surface area contributed by atoms with Crippen LogP contribution in [0.3, 0.4) is 0 Å². The Morgan fingerprint density at radius 3 is 2.73 bits per heavy atom. The quantitative estimate of drug-likeness (QED) is 0.823. The zero-order chi connectivity index (χ0) is 15.5. The number of aromatic nitrogens is 3. The predicted octanol–water partition coefficient (Wildman–Crippen LogP) is 1.86. The average Bonchev–Trinajstić information content (AvgIpc) is 3.27. The summed E-state index contributed by atoms with van der Waals surface area (Å²) in [6, 6.07) is 8.05. The molecule has 116 valence electrons. The summed E-state index contributed by atoms with van der Waals surface area (Å²) >= 11 is 1.40. The maximum atomic E-state index is 11.7. The number of nitrogens with zero attached hydrogens (tertiary/aromatic N) is 3. The Labute approximate surface area is 133 Å². The van der Waals surface area contributed by atoms with Gasteiger partial charge >= 0.3 is 0 Å². The number of benzene rings is 1. The van der Waals surface area contributed by atoms with Gasteiger partial charge in [0.15, 0.2) is 11.0 Å². The summed E-state index contributed by atoms with van der Waals surface area (Å²) in [6.45, 7) is 0. The maximum Gasteiger partial charge on any atom is 0.230 e. The van der Waals surface area contributed by atoms with E-state index in [1.54, 1.807) is 7.11 Å². The van der Waals surface area contributed by atoms with E-state index in [2.05, 4.69) is 15.5 Å². The van der Waals surface area contributed by atoms with Gasteiger partial charge in [-0.25, -0.2) is 0 Å². The third-order valence-corrected chi connectivity index (χ3v) is 4.48. The Morgan fingerprint density at radius 2 is 2.09 bits per heavy atom. The van der Waals surface area contributed by atoms with E-state index in [0.717, 1.165) is 35.1 Å². The Kier molecular flexibility index (Phi) is 4.33. The number of thioether (sulfide) groups is 1. The summed E-state index contributed by atoms with van der Waals surface area (Å²) in [5.74, 6) is 2.00. The number of hydrogen-bond donors (Lipinski definition) is 1. The molecule has 1 saturated carbocycles. The molecule has 1 aromatic heterocycles. The molecular weight excluding hydrogens is 300 g/mol. The molecule has 1 aliphatic rings. The van der Waals surface area contributed by atoms with Gasteiger partial charge in [-0.1, -0.05) is 11.8 Å². The molecular formula is C15H18N4O2S. The highest BCUT2D eigenvalue weighted by Crippen LogP contribution is 2.24. The number of ether oxygens (including phenoxy) is 1. The van der Waals surface area contributed by atoms with E-state index in [0.29, 0.717) is 11.8 Å². The molecule has 0 aliphatic heterocycles. The monoisotopic (exact) mass is 318 g/mol. The second-order valence-electron chi connectivity index (χ2n) is 5.22. The van der Waals surface area contributed by atoms with Crippen molar-refractivity contribution in [1.82, 2.24) is 20.1 Å². The topological polar surface area (TPSA) is 69.0 Å². The van der Waals surface area contributed by atoms with Crippen molar-refractivity contribution >= 4 is 17.7 Å². The zero-order valence-electron chi connectivity index (χ0n) is 12.6. The van der Waals surface area contributed by atoms with Crippen LogP contribution in [0.1, 0.15) is 12.8 Å². The fourth-order valence-electron chi connectivity index (χ4n) is 2.06. The third-order valence-electron chi connectivity index (χ3n) is 3.46. The van der Waals surface area contributed by atoms with Crippen molar-refractivity contribution in [3.8, 4) is 17.1 Å². The van der Waals surface area contributed by atoms with Gasteiger partial charge < -0.3 is 14.6 Å². The first-order valence-corrected chi connectivity index (χ1v) is 8.12. The van der Waals surface area contributed by atoms with Crippen molar-refractivity contribution in [2.75, 3.05) is 12.9 Å². The van der Waals surface area contributed by atoms with Crippen LogP contribution in [0.2, 0.25) is 0 Å². The largest absolute Gasteiger partial charge is 0.497 e. The Morgan fingerprint density at radius 1 is 1.36 bits per heavy atom. The molecule has 1 aromatic carbocycles. The molecule has 0 bridgehead atoms. The number of rotatable bonds is 6. The highest BCUT2D eigenvalue weighted by atomic mass is 32.2. The van der Waals surface area contributed by atoms with Gasteiger partial charge in [-0.3, -0.25) is 4.79 Å². The van der Waals surface area contributed by atoms with Crippen molar-refractivity contribution in [1.29, 1.82) is 0 Å². The first kappa shape index (κ1) is 14.9. The minimum Gasteiger partial charge on any atom is -0.497 e. The number of carbonyl (C=O) groups excluding carboxylic acids is 1. The van der Waals surface area contributed by atoms with Gasteiger partial charge in [0.25, 0.3) is 0 Å². The molecule has 0 spiro atoms. The van der Waals surface area contributed by atoms with E-state index in [-0.39, 0.29) is 5.91 Å². The molecule has 7 heteroatoms. The van der Waals surface area contributed by atoms with Gasteiger partial charge in [0.2, 0.25) is 5.91 Å². The lowest BCUT2D eigenvalue weighted by Gasteiger charge is -2.05. The fourth-order valence-corrected chi connectivity index (χ4v) is 2.78. The predicted molar refractivity (Wildman–Crippen MR) is 84.9 cm³/mol. The van der Waals surface area contributed by atoms with E-state index >= 15 is 0 Å². The smallest absolute Gasteiger partial charge is 0.230 e. The van der Waals surface area contributed by atoms with Crippen LogP contribution in [0.4, 0.5) is 0 Å². The lowest BCUT2D eigenvalue weighted by atomic mass is 10.2. The van der Waals surface area contributed by atoms with E-state index < -0.39 is 0 Å². The minimum absolute atomic E-state index is 0.0569. The molecule has 1 N–H and O–H groups in total. The average molecular weight is 318 g/mol. The van der Waals surface area contributed by atoms with E-state index in [4.69, 9.17) is 4.74 Å². The molecule has 1 amide bonds. The van der Waals surface area contributed by atoms with Gasteiger partial charge in [-0.05, 0) is 37.1 Å². The van der Waals surface area contributed by atoms with Crippen LogP contribution in [0.15, 0.2) is 29.4 Å². The standard InChI is InChI=1S/C15H18N4O2S/c1-19-14(10-3-7-12(21-2)8-4-10)17-18-15(19)22-9-13(20)16-11-5-6-11/h3-4,7-8,11H,5-6,9H2,1-2H3,(H,16,20). The first-order chi connectivity index (χ1) is 10.7. The summed E-state index contributed by atoms with van der Waals surface area (Å²) in [5.41, 5.74) is 0.963. The highest BCUT2D eigenvalue weighted by Gasteiger charge is 2.23. The fraction of sp³-hybridized carbons (Fsp3) is 0.400. The van der Waals surface area contributed by atoms with Crippen LogP contribution in [-0.2, 0) is 11.8 Å². The Balaban J connectivity index is 1.66. The van der Waals surface area contributed by atoms with Crippen LogP contribution in [0, 0.1) is 0 Å². The van der Waals surface area contributed by atoms with Gasteiger partial charge in [0, 0.05) is 18.7 Å². The number of methoxy groups -OCH3 is 1. The van der Waals surface area contributed by atoms with Gasteiger partial charge in [0.05, 0.1) is 12.9 Å². The molecule has 0 saturated heterocycles. The molecule has 0 radical (unpaired) electrons. The van der Waals surface area contributed by atoms with Gasteiger partial charge in [0.1, 0.15) is 5.75 Å². The molecule has 1 aliphatic carbocycles. The molecule has 22 heavy (non-hydrogen) atoms. The Hall–Kier alpha value is -2.02. The Bertz CT molecular complexity index is 665. The second kappa shape index (κ2) is 6.39. The number of nitrogens with one attached hydrogen (secondary N) is 1. The number of carbonyl (C=O) groups is 1. The minimum atomic E-state index is 0.0569. The van der Waals surface area contributed by atoms with Crippen molar-refractivity contribution in [2.45, 2.75) is 24.0 Å². The maximum absolute atomic E-state index is 11.7. The molecule has 0 unspecified atom stereocenters. The highest BCUT2D eigenvalue weighted by molar-refractivity contribution is 7.99. The van der Waals surface area contributed by atoms with Crippen LogP contribution in [0.5, 0.6) is 5.75 Å². The SMILES string of the molecule is COc1ccc(-c2nnc(SCC(=O)NC3CC3)n2C)cc1. The summed E-state index contributed by atoms with van der Waals surface area (Å²) in [5, 5.41) is 12.1. The summed E-state index contributed by atoms with van der Waals surface area (Å²) in [7, 11) is 3.54. The summed E-state index contributed by atoms with van der Waals surface area (Å²) < 4.78 is 7.05. The molecule has 0 atom stereocenters. The van der Waals surface area contributed by atoms with Crippen LogP contribution in [0.25, 0.3) is 11.4 Å². The lowest BCUT2D eigenvalue weighted by Crippen LogP contribution is -2.27. The van der Waals surface area contributed by atoms with E-state index in [9.17, 15) is 4.79 Å². The van der Waals surface area contributed by atoms with E-state index in [1.807, 2.05) is 35.9 Å². The normalized spacial score (nSPS) is 13.9. The third kappa shape index (κ3) is 3.41. The number of hydrogen-bond acceptors (Lipinski definition) is 5. The summed E-state index contributed by atoms with van der Waals surface area (Å²) in [6.07, 6.45) is 2.20. The van der Waals surface area contributed by atoms with Crippen LogP contribution < -0.4 is 10.1 Å². The van der Waals surface area contributed by atoms with Crippen molar-refractivity contribution < 1.29 is 9.53 Å². The molecule has 2 aromatic rings. The second-order valence-corrected chi connectivity index (χ2v) is 6.17. The van der Waals surface area contributed by atoms with Gasteiger partial charge in [-0.2, -0.15) is 0 Å². The number of amides is 1. The zero-order valence-corrected chi connectivity index (χ0v) is 13.4.